The maximum Gasteiger partial charge on any atom is 0.149 e. The van der Waals surface area contributed by atoms with Crippen molar-refractivity contribution in [2.75, 3.05) is 0 Å². The van der Waals surface area contributed by atoms with Gasteiger partial charge in [-0.15, -0.1) is 10.2 Å². The smallest absolute Gasteiger partial charge is 0.149 e. The molecule has 0 saturated heterocycles. The van der Waals surface area contributed by atoms with Crippen LogP contribution in [0.4, 0.5) is 0 Å². The van der Waals surface area contributed by atoms with Crippen molar-refractivity contribution in [3.63, 3.8) is 0 Å². The molecule has 0 amide bonds. The number of hydrogen-bond donors (Lipinski definition) is 1. The van der Waals surface area contributed by atoms with Crippen molar-refractivity contribution < 1.29 is 0 Å². The molecule has 25 heavy (non-hydrogen) atoms. The van der Waals surface area contributed by atoms with E-state index >= 15 is 0 Å². The quantitative estimate of drug-likeness (QED) is 0.669. The number of aromatic nitrogens is 3. The Hall–Kier alpha value is -1.68. The van der Waals surface area contributed by atoms with Gasteiger partial charge in [-0.3, -0.25) is 0 Å². The van der Waals surface area contributed by atoms with Crippen molar-refractivity contribution in [2.45, 2.75) is 84.3 Å². The predicted molar refractivity (Wildman–Crippen MR) is 103 cm³/mol. The molecule has 1 aliphatic rings. The molecule has 0 bridgehead atoms. The number of hydrogen-bond acceptors (Lipinski definition) is 3. The molecule has 0 unspecified atom stereocenters. The molecule has 1 aromatic heterocycles. The van der Waals surface area contributed by atoms with E-state index in [0.29, 0.717) is 6.04 Å². The topological polar surface area (TPSA) is 42.7 Å². The van der Waals surface area contributed by atoms with Crippen LogP contribution in [0.1, 0.15) is 87.7 Å². The van der Waals surface area contributed by atoms with Crippen molar-refractivity contribution in [1.82, 2.24) is 20.1 Å². The lowest BCUT2D eigenvalue weighted by Gasteiger charge is -2.22. The van der Waals surface area contributed by atoms with E-state index in [9.17, 15) is 0 Å². The monoisotopic (exact) mass is 340 g/mol. The molecule has 0 saturated carbocycles. The van der Waals surface area contributed by atoms with Crippen molar-refractivity contribution in [1.29, 1.82) is 0 Å². The van der Waals surface area contributed by atoms with Gasteiger partial charge in [0.05, 0.1) is 6.04 Å². The summed E-state index contributed by atoms with van der Waals surface area (Å²) in [6.07, 6.45) is 8.42. The number of fused-ring (bicyclic) bond motifs is 1. The molecule has 0 spiro atoms. The summed E-state index contributed by atoms with van der Waals surface area (Å²) < 4.78 is 2.29. The van der Waals surface area contributed by atoms with Gasteiger partial charge < -0.3 is 9.88 Å². The molecule has 1 aliphatic heterocycles. The van der Waals surface area contributed by atoms with Crippen LogP contribution in [-0.2, 0) is 19.4 Å². The Morgan fingerprint density at radius 3 is 2.64 bits per heavy atom. The molecule has 2 aromatic rings. The highest BCUT2D eigenvalue weighted by molar-refractivity contribution is 5.25. The maximum atomic E-state index is 4.43. The van der Waals surface area contributed by atoms with E-state index in [2.05, 4.69) is 65.1 Å². The van der Waals surface area contributed by atoms with Crippen molar-refractivity contribution in [2.24, 2.45) is 0 Å². The van der Waals surface area contributed by atoms with E-state index in [0.717, 1.165) is 31.0 Å². The Labute approximate surface area is 152 Å². The van der Waals surface area contributed by atoms with Gasteiger partial charge in [-0.25, -0.2) is 0 Å². The molecule has 2 atom stereocenters. The van der Waals surface area contributed by atoms with Crippen LogP contribution in [0.2, 0.25) is 0 Å². The predicted octanol–water partition coefficient (Wildman–Crippen LogP) is 4.76. The van der Waals surface area contributed by atoms with Gasteiger partial charge in [0.2, 0.25) is 0 Å². The highest BCUT2D eigenvalue weighted by Crippen LogP contribution is 2.24. The summed E-state index contributed by atoms with van der Waals surface area (Å²) in [7, 11) is 0. The minimum atomic E-state index is 0.216. The standard InChI is InChI=1S/C21H32N4/c1-4-6-7-9-17-11-13-18(14-12-17)19(5-2)22-16(3)21-24-23-20-10-8-15-25(20)21/h11-14,16,19,22H,4-10,15H2,1-3H3/t16-,19+/m0/s1. The normalized spacial score (nSPS) is 16.0. The third-order valence-corrected chi connectivity index (χ3v) is 5.34. The van der Waals surface area contributed by atoms with Crippen molar-refractivity contribution in [3.8, 4) is 0 Å². The first-order valence-electron chi connectivity index (χ1n) is 9.99. The first kappa shape index (κ1) is 18.1. The first-order valence-corrected chi connectivity index (χ1v) is 9.99. The van der Waals surface area contributed by atoms with E-state index in [4.69, 9.17) is 0 Å². The minimum Gasteiger partial charge on any atom is -0.314 e. The molecular weight excluding hydrogens is 308 g/mol. The van der Waals surface area contributed by atoms with Crippen LogP contribution < -0.4 is 5.32 Å². The van der Waals surface area contributed by atoms with E-state index < -0.39 is 0 Å². The Bertz CT molecular complexity index is 659. The minimum absolute atomic E-state index is 0.216. The van der Waals surface area contributed by atoms with Crippen molar-refractivity contribution >= 4 is 0 Å². The van der Waals surface area contributed by atoms with E-state index in [1.807, 2.05) is 0 Å². The van der Waals surface area contributed by atoms with Crippen LogP contribution in [0, 0.1) is 0 Å². The number of unbranched alkanes of at least 4 members (excludes halogenated alkanes) is 2. The lowest BCUT2D eigenvalue weighted by molar-refractivity contribution is 0.430. The van der Waals surface area contributed by atoms with Crippen LogP contribution in [-0.4, -0.2) is 14.8 Å². The van der Waals surface area contributed by atoms with Gasteiger partial charge in [0.25, 0.3) is 0 Å². The molecule has 4 heteroatoms. The van der Waals surface area contributed by atoms with E-state index in [-0.39, 0.29) is 6.04 Å². The Morgan fingerprint density at radius 2 is 1.92 bits per heavy atom. The van der Waals surface area contributed by atoms with Gasteiger partial charge in [-0.1, -0.05) is 51.0 Å². The molecule has 2 heterocycles. The maximum absolute atomic E-state index is 4.43. The molecule has 3 rings (SSSR count). The van der Waals surface area contributed by atoms with Crippen LogP contribution in [0.5, 0.6) is 0 Å². The molecule has 1 aromatic carbocycles. The zero-order chi connectivity index (χ0) is 17.6. The lowest BCUT2D eigenvalue weighted by atomic mass is 9.99. The Kier molecular flexibility index (Phi) is 6.24. The fourth-order valence-corrected chi connectivity index (χ4v) is 3.82. The van der Waals surface area contributed by atoms with Crippen molar-refractivity contribution in [3.05, 3.63) is 47.0 Å². The molecule has 0 aliphatic carbocycles. The second-order valence-electron chi connectivity index (χ2n) is 7.28. The molecule has 136 valence electrons. The summed E-state index contributed by atoms with van der Waals surface area (Å²) in [6.45, 7) is 7.77. The third kappa shape index (κ3) is 4.30. The Morgan fingerprint density at radius 1 is 1.12 bits per heavy atom. The summed E-state index contributed by atoms with van der Waals surface area (Å²) in [5, 5.41) is 12.5. The molecule has 0 fully saturated rings. The van der Waals surface area contributed by atoms with E-state index in [1.54, 1.807) is 0 Å². The van der Waals surface area contributed by atoms with Gasteiger partial charge >= 0.3 is 0 Å². The summed E-state index contributed by atoms with van der Waals surface area (Å²) in [4.78, 5) is 0. The lowest BCUT2D eigenvalue weighted by Crippen LogP contribution is -2.26. The van der Waals surface area contributed by atoms with Crippen LogP contribution in [0.3, 0.4) is 0 Å². The average Bonchev–Trinajstić information content (AvgIpc) is 3.24. The second kappa shape index (κ2) is 8.61. The number of nitrogens with one attached hydrogen (secondary N) is 1. The zero-order valence-electron chi connectivity index (χ0n) is 16.0. The summed E-state index contributed by atoms with van der Waals surface area (Å²) in [5.74, 6) is 2.23. The molecular formula is C21H32N4. The van der Waals surface area contributed by atoms with E-state index in [1.165, 1.54) is 43.2 Å². The summed E-state index contributed by atoms with van der Waals surface area (Å²) in [6, 6.07) is 9.76. The number of nitrogens with zero attached hydrogens (tertiary/aromatic N) is 3. The number of rotatable bonds is 9. The fraction of sp³-hybridized carbons (Fsp3) is 0.619. The molecule has 4 nitrogen and oxygen atoms in total. The van der Waals surface area contributed by atoms with Gasteiger partial charge in [-0.2, -0.15) is 0 Å². The summed E-state index contributed by atoms with van der Waals surface area (Å²) >= 11 is 0. The SMILES string of the molecule is CCCCCc1ccc([C@@H](CC)N[C@@H](C)c2nnc3n2CCC3)cc1. The van der Waals surface area contributed by atoms with Gasteiger partial charge in [-0.05, 0) is 43.7 Å². The van der Waals surface area contributed by atoms with Gasteiger partial charge in [0.1, 0.15) is 11.6 Å². The van der Waals surface area contributed by atoms with Crippen LogP contribution >= 0.6 is 0 Å². The molecule has 1 N–H and O–H groups in total. The van der Waals surface area contributed by atoms with Crippen LogP contribution in [0.15, 0.2) is 24.3 Å². The number of benzene rings is 1. The zero-order valence-corrected chi connectivity index (χ0v) is 16.0. The van der Waals surface area contributed by atoms with Gasteiger partial charge in [0, 0.05) is 19.0 Å². The number of aryl methyl sites for hydroxylation is 2. The summed E-state index contributed by atoms with van der Waals surface area (Å²) in [5.41, 5.74) is 2.82. The molecule has 0 radical (unpaired) electrons. The third-order valence-electron chi connectivity index (χ3n) is 5.34. The highest BCUT2D eigenvalue weighted by atomic mass is 15.3. The second-order valence-corrected chi connectivity index (χ2v) is 7.28. The van der Waals surface area contributed by atoms with Crippen LogP contribution in [0.25, 0.3) is 0 Å². The Balaban J connectivity index is 1.63. The highest BCUT2D eigenvalue weighted by Gasteiger charge is 2.23. The fourth-order valence-electron chi connectivity index (χ4n) is 3.82. The average molecular weight is 341 g/mol. The van der Waals surface area contributed by atoms with Gasteiger partial charge in [0.15, 0.2) is 0 Å². The largest absolute Gasteiger partial charge is 0.314 e. The first-order chi connectivity index (χ1) is 12.2.